The van der Waals surface area contributed by atoms with Crippen molar-refractivity contribution in [3.63, 3.8) is 0 Å². The first-order valence-corrected chi connectivity index (χ1v) is 6.44. The molecular weight excluding hydrogens is 242 g/mol. The second kappa shape index (κ2) is 5.95. The molecule has 1 aromatic heterocycles. The summed E-state index contributed by atoms with van der Waals surface area (Å²) in [7, 11) is 0. The van der Waals surface area contributed by atoms with Gasteiger partial charge in [0.25, 0.3) is 0 Å². The summed E-state index contributed by atoms with van der Waals surface area (Å²) >= 11 is 0. The van der Waals surface area contributed by atoms with Gasteiger partial charge in [-0.2, -0.15) is 5.10 Å². The van der Waals surface area contributed by atoms with Crippen LogP contribution in [0.3, 0.4) is 0 Å². The summed E-state index contributed by atoms with van der Waals surface area (Å²) in [4.78, 5) is 11.7. The van der Waals surface area contributed by atoms with Gasteiger partial charge in [-0.25, -0.2) is 0 Å². The average molecular weight is 261 g/mol. The van der Waals surface area contributed by atoms with Crippen LogP contribution in [0.4, 0.5) is 0 Å². The molecule has 0 spiro atoms. The lowest BCUT2D eigenvalue weighted by Gasteiger charge is -2.16. The first kappa shape index (κ1) is 13.7. The van der Waals surface area contributed by atoms with Gasteiger partial charge in [0.2, 0.25) is 5.43 Å². The summed E-state index contributed by atoms with van der Waals surface area (Å²) < 4.78 is 1.67. The Hall–Kier alpha value is -1.72. The summed E-state index contributed by atoms with van der Waals surface area (Å²) in [5, 5.41) is 17.9. The van der Waals surface area contributed by atoms with E-state index in [9.17, 15) is 9.90 Å². The fourth-order valence-electron chi connectivity index (χ4n) is 1.94. The Morgan fingerprint density at radius 3 is 2.84 bits per heavy atom. The Kier molecular flexibility index (Phi) is 4.29. The fourth-order valence-corrected chi connectivity index (χ4v) is 1.94. The van der Waals surface area contributed by atoms with Crippen LogP contribution in [0, 0.1) is 0 Å². The van der Waals surface area contributed by atoms with Crippen molar-refractivity contribution in [2.24, 2.45) is 0 Å². The highest BCUT2D eigenvalue weighted by Gasteiger charge is 2.09. The van der Waals surface area contributed by atoms with E-state index in [2.05, 4.69) is 10.4 Å². The summed E-state index contributed by atoms with van der Waals surface area (Å²) in [6.45, 7) is 4.92. The second-order valence-electron chi connectivity index (χ2n) is 4.92. The molecule has 102 valence electrons. The minimum Gasteiger partial charge on any atom is -0.390 e. The lowest BCUT2D eigenvalue weighted by molar-refractivity contribution is 0.145. The van der Waals surface area contributed by atoms with Gasteiger partial charge in [0, 0.05) is 18.0 Å². The molecule has 0 bridgehead atoms. The number of para-hydroxylation sites is 1. The van der Waals surface area contributed by atoms with Gasteiger partial charge >= 0.3 is 0 Å². The molecule has 1 heterocycles. The predicted octanol–water partition coefficient (Wildman–Crippen LogP) is 0.755. The van der Waals surface area contributed by atoms with E-state index < -0.39 is 6.10 Å². The first-order chi connectivity index (χ1) is 9.08. The van der Waals surface area contributed by atoms with Crippen molar-refractivity contribution < 1.29 is 5.11 Å². The molecule has 0 aliphatic carbocycles. The van der Waals surface area contributed by atoms with E-state index in [1.165, 1.54) is 6.20 Å². The largest absolute Gasteiger partial charge is 0.390 e. The van der Waals surface area contributed by atoms with E-state index >= 15 is 0 Å². The van der Waals surface area contributed by atoms with Crippen LogP contribution in [0.5, 0.6) is 0 Å². The van der Waals surface area contributed by atoms with Gasteiger partial charge in [0.1, 0.15) is 0 Å². The van der Waals surface area contributed by atoms with Gasteiger partial charge in [-0.1, -0.05) is 26.0 Å². The Morgan fingerprint density at radius 2 is 2.11 bits per heavy atom. The number of benzene rings is 1. The minimum absolute atomic E-state index is 0.0957. The van der Waals surface area contributed by atoms with E-state index in [1.807, 2.05) is 32.0 Å². The van der Waals surface area contributed by atoms with Crippen molar-refractivity contribution in [1.82, 2.24) is 15.1 Å². The third-order valence-electron chi connectivity index (χ3n) is 2.91. The van der Waals surface area contributed by atoms with Crippen LogP contribution in [0.15, 0.2) is 35.3 Å². The number of rotatable bonds is 5. The Bertz CT molecular complexity index is 607. The summed E-state index contributed by atoms with van der Waals surface area (Å²) in [5.41, 5.74) is 0.653. The topological polar surface area (TPSA) is 67.2 Å². The number of fused-ring (bicyclic) bond motifs is 1. The molecule has 0 radical (unpaired) electrons. The summed E-state index contributed by atoms with van der Waals surface area (Å²) in [6.07, 6.45) is 0.756. The Morgan fingerprint density at radius 1 is 1.37 bits per heavy atom. The molecule has 0 saturated heterocycles. The van der Waals surface area contributed by atoms with Crippen molar-refractivity contribution >= 4 is 10.9 Å². The average Bonchev–Trinajstić information content (AvgIpc) is 2.40. The Balaban J connectivity index is 2.21. The SMILES string of the molecule is CC(C)NCC(O)Cn1ncc(=O)c2ccccc21. The number of aromatic nitrogens is 2. The molecule has 0 saturated carbocycles. The van der Waals surface area contributed by atoms with Crippen molar-refractivity contribution in [1.29, 1.82) is 0 Å². The maximum Gasteiger partial charge on any atom is 0.207 e. The molecule has 0 aliphatic heterocycles. The van der Waals surface area contributed by atoms with Gasteiger partial charge in [0.15, 0.2) is 0 Å². The molecule has 19 heavy (non-hydrogen) atoms. The van der Waals surface area contributed by atoms with E-state index in [-0.39, 0.29) is 5.43 Å². The predicted molar refractivity (Wildman–Crippen MR) is 75.1 cm³/mol. The molecule has 2 aromatic rings. The number of hydrogen-bond acceptors (Lipinski definition) is 4. The van der Waals surface area contributed by atoms with Crippen LogP contribution in [0.25, 0.3) is 10.9 Å². The maximum atomic E-state index is 11.7. The third kappa shape index (κ3) is 3.39. The van der Waals surface area contributed by atoms with Crippen molar-refractivity contribution in [3.05, 3.63) is 40.7 Å². The van der Waals surface area contributed by atoms with Gasteiger partial charge in [-0.3, -0.25) is 9.48 Å². The maximum absolute atomic E-state index is 11.7. The van der Waals surface area contributed by atoms with Crippen LogP contribution in [-0.4, -0.2) is 33.6 Å². The quantitative estimate of drug-likeness (QED) is 0.833. The highest BCUT2D eigenvalue weighted by atomic mass is 16.3. The fraction of sp³-hybridized carbons (Fsp3) is 0.429. The number of nitrogens with one attached hydrogen (secondary N) is 1. The molecule has 5 nitrogen and oxygen atoms in total. The summed E-state index contributed by atoms with van der Waals surface area (Å²) in [5.74, 6) is 0. The molecular formula is C14H19N3O2. The molecule has 0 amide bonds. The van der Waals surface area contributed by atoms with E-state index in [0.717, 1.165) is 5.52 Å². The first-order valence-electron chi connectivity index (χ1n) is 6.44. The molecule has 1 atom stereocenters. The molecule has 1 aromatic carbocycles. The van der Waals surface area contributed by atoms with Gasteiger partial charge in [-0.15, -0.1) is 0 Å². The highest BCUT2D eigenvalue weighted by Crippen LogP contribution is 2.08. The van der Waals surface area contributed by atoms with E-state index in [4.69, 9.17) is 0 Å². The monoisotopic (exact) mass is 261 g/mol. The van der Waals surface area contributed by atoms with Crippen molar-refractivity contribution in [2.45, 2.75) is 32.5 Å². The second-order valence-corrected chi connectivity index (χ2v) is 4.92. The Labute approximate surface area is 111 Å². The van der Waals surface area contributed by atoms with Crippen LogP contribution in [0.2, 0.25) is 0 Å². The summed E-state index contributed by atoms with van der Waals surface area (Å²) in [6, 6.07) is 7.62. The number of nitrogens with zero attached hydrogens (tertiary/aromatic N) is 2. The number of aliphatic hydroxyl groups excluding tert-OH is 1. The minimum atomic E-state index is -0.541. The van der Waals surface area contributed by atoms with Crippen molar-refractivity contribution in [3.8, 4) is 0 Å². The van der Waals surface area contributed by atoms with Crippen LogP contribution < -0.4 is 10.7 Å². The van der Waals surface area contributed by atoms with E-state index in [1.54, 1.807) is 10.7 Å². The highest BCUT2D eigenvalue weighted by molar-refractivity contribution is 5.77. The van der Waals surface area contributed by atoms with Crippen LogP contribution >= 0.6 is 0 Å². The van der Waals surface area contributed by atoms with E-state index in [0.29, 0.717) is 24.5 Å². The van der Waals surface area contributed by atoms with Gasteiger partial charge < -0.3 is 10.4 Å². The smallest absolute Gasteiger partial charge is 0.207 e. The van der Waals surface area contributed by atoms with Gasteiger partial charge in [0.05, 0.1) is 24.4 Å². The van der Waals surface area contributed by atoms with Crippen molar-refractivity contribution in [2.75, 3.05) is 6.54 Å². The number of aliphatic hydroxyl groups is 1. The third-order valence-corrected chi connectivity index (χ3v) is 2.91. The van der Waals surface area contributed by atoms with Crippen LogP contribution in [0.1, 0.15) is 13.8 Å². The zero-order valence-corrected chi connectivity index (χ0v) is 11.2. The van der Waals surface area contributed by atoms with Gasteiger partial charge in [-0.05, 0) is 12.1 Å². The molecule has 0 aliphatic rings. The standard InChI is InChI=1S/C14H19N3O2/c1-10(2)15-7-11(18)9-17-13-6-4-3-5-12(13)14(19)8-16-17/h3-6,8,10-11,15,18H,7,9H2,1-2H3. The molecule has 2 rings (SSSR count). The molecule has 5 heteroatoms. The van der Waals surface area contributed by atoms with Crippen LogP contribution in [-0.2, 0) is 6.54 Å². The molecule has 2 N–H and O–H groups in total. The normalized spacial score (nSPS) is 13.1. The zero-order chi connectivity index (χ0) is 13.8. The number of hydrogen-bond donors (Lipinski definition) is 2. The molecule has 0 fully saturated rings. The molecule has 1 unspecified atom stereocenters. The zero-order valence-electron chi connectivity index (χ0n) is 11.2. The lowest BCUT2D eigenvalue weighted by Crippen LogP contribution is -2.35. The lowest BCUT2D eigenvalue weighted by atomic mass is 10.2.